The number of aliphatic hydroxyl groups excluding tert-OH is 1. The number of hydrogen-bond acceptors (Lipinski definition) is 4. The third-order valence-corrected chi connectivity index (χ3v) is 3.59. The quantitative estimate of drug-likeness (QED) is 0.630. The van der Waals surface area contributed by atoms with E-state index in [9.17, 15) is 5.11 Å². The zero-order valence-electron chi connectivity index (χ0n) is 9.76. The molecule has 0 spiro atoms. The van der Waals surface area contributed by atoms with Gasteiger partial charge in [0.15, 0.2) is 0 Å². The van der Waals surface area contributed by atoms with Crippen LogP contribution in [0.1, 0.15) is 6.92 Å². The summed E-state index contributed by atoms with van der Waals surface area (Å²) in [6.07, 6.45) is -0.0921. The van der Waals surface area contributed by atoms with Crippen LogP contribution in [-0.2, 0) is 0 Å². The number of piperidine rings is 2. The molecule has 2 bridgehead atoms. The summed E-state index contributed by atoms with van der Waals surface area (Å²) in [6, 6.07) is 0.235. The van der Waals surface area contributed by atoms with Crippen molar-refractivity contribution in [3.63, 3.8) is 0 Å². The lowest BCUT2D eigenvalue weighted by atomic mass is 9.82. The van der Waals surface area contributed by atoms with E-state index in [1.165, 1.54) is 0 Å². The monoisotopic (exact) mass is 213 g/mol. The van der Waals surface area contributed by atoms with Gasteiger partial charge in [-0.1, -0.05) is 0 Å². The molecule has 0 aromatic heterocycles. The predicted octanol–water partition coefficient (Wildman–Crippen LogP) is -0.812. The summed E-state index contributed by atoms with van der Waals surface area (Å²) in [5, 5.41) is 10.1. The summed E-state index contributed by atoms with van der Waals surface area (Å²) in [5.41, 5.74) is 5.82. The van der Waals surface area contributed by atoms with Gasteiger partial charge >= 0.3 is 0 Å². The van der Waals surface area contributed by atoms with Crippen LogP contribution in [0.3, 0.4) is 0 Å². The van der Waals surface area contributed by atoms with Crippen molar-refractivity contribution >= 4 is 0 Å². The Balaban J connectivity index is 1.96. The fourth-order valence-electron chi connectivity index (χ4n) is 3.10. The molecule has 3 N–H and O–H groups in total. The molecule has 15 heavy (non-hydrogen) atoms. The number of hydrogen-bond donors (Lipinski definition) is 2. The second-order valence-electron chi connectivity index (χ2n) is 5.43. The number of nitrogens with zero attached hydrogens (tertiary/aromatic N) is 2. The van der Waals surface area contributed by atoms with Crippen LogP contribution < -0.4 is 5.73 Å². The molecule has 2 heterocycles. The minimum atomic E-state index is -0.0921. The molecule has 0 aliphatic carbocycles. The Hall–Kier alpha value is -0.160. The second kappa shape index (κ2) is 4.37. The molecule has 3 atom stereocenters. The third-order valence-electron chi connectivity index (χ3n) is 3.59. The molecule has 4 nitrogen and oxygen atoms in total. The van der Waals surface area contributed by atoms with Gasteiger partial charge < -0.3 is 20.6 Å². The summed E-state index contributed by atoms with van der Waals surface area (Å²) in [7, 11) is 2.15. The minimum Gasteiger partial charge on any atom is -0.392 e. The van der Waals surface area contributed by atoms with E-state index >= 15 is 0 Å². The summed E-state index contributed by atoms with van der Waals surface area (Å²) in [6.45, 7) is 7.06. The van der Waals surface area contributed by atoms with Crippen molar-refractivity contribution < 1.29 is 5.11 Å². The number of nitrogens with two attached hydrogens (primary N) is 1. The molecule has 2 fully saturated rings. The van der Waals surface area contributed by atoms with Crippen LogP contribution in [0, 0.1) is 11.8 Å². The third kappa shape index (κ3) is 2.50. The van der Waals surface area contributed by atoms with E-state index in [2.05, 4.69) is 16.8 Å². The van der Waals surface area contributed by atoms with Crippen LogP contribution in [-0.4, -0.2) is 66.8 Å². The molecule has 0 amide bonds. The first kappa shape index (κ1) is 11.3. The number of aliphatic hydroxyl groups is 1. The predicted molar refractivity (Wildman–Crippen MR) is 60.6 cm³/mol. The average Bonchev–Trinajstić information content (AvgIpc) is 2.08. The van der Waals surface area contributed by atoms with Crippen LogP contribution >= 0.6 is 0 Å². The Kier molecular flexibility index (Phi) is 3.30. The zero-order chi connectivity index (χ0) is 11.0. The van der Waals surface area contributed by atoms with Crippen molar-refractivity contribution in [1.29, 1.82) is 0 Å². The largest absolute Gasteiger partial charge is 0.392 e. The average molecular weight is 213 g/mol. The standard InChI is InChI=1S/C11H23N3O/c1-8(12)3-14-6-9-4-13(2)5-10(7-14)11(9)15/h8-11,15H,3-7,12H2,1-2H3. The fourth-order valence-corrected chi connectivity index (χ4v) is 3.10. The molecule has 88 valence electrons. The van der Waals surface area contributed by atoms with Crippen LogP contribution in [0.5, 0.6) is 0 Å². The Morgan fingerprint density at radius 1 is 1.27 bits per heavy atom. The Morgan fingerprint density at radius 3 is 2.27 bits per heavy atom. The fraction of sp³-hybridized carbons (Fsp3) is 1.00. The van der Waals surface area contributed by atoms with E-state index in [1.54, 1.807) is 0 Å². The first-order chi connectivity index (χ1) is 7.06. The van der Waals surface area contributed by atoms with Gasteiger partial charge in [0.2, 0.25) is 0 Å². The van der Waals surface area contributed by atoms with Crippen LogP contribution in [0.15, 0.2) is 0 Å². The molecule has 2 saturated heterocycles. The summed E-state index contributed by atoms with van der Waals surface area (Å²) in [4.78, 5) is 4.75. The molecular formula is C11H23N3O. The highest BCUT2D eigenvalue weighted by Gasteiger charge is 2.40. The van der Waals surface area contributed by atoms with Gasteiger partial charge in [-0.3, -0.25) is 0 Å². The van der Waals surface area contributed by atoms with Crippen molar-refractivity contribution in [3.05, 3.63) is 0 Å². The van der Waals surface area contributed by atoms with E-state index in [0.29, 0.717) is 11.8 Å². The molecule has 3 unspecified atom stereocenters. The van der Waals surface area contributed by atoms with Crippen LogP contribution in [0.2, 0.25) is 0 Å². The van der Waals surface area contributed by atoms with Crippen molar-refractivity contribution in [1.82, 2.24) is 9.80 Å². The molecular weight excluding hydrogens is 190 g/mol. The highest BCUT2D eigenvalue weighted by Crippen LogP contribution is 2.28. The van der Waals surface area contributed by atoms with E-state index in [1.807, 2.05) is 6.92 Å². The summed E-state index contributed by atoms with van der Waals surface area (Å²) < 4.78 is 0. The maximum absolute atomic E-state index is 10.1. The number of likely N-dealkylation sites (tertiary alicyclic amines) is 2. The molecule has 0 aromatic carbocycles. The van der Waals surface area contributed by atoms with Gasteiger partial charge in [0.25, 0.3) is 0 Å². The molecule has 0 saturated carbocycles. The molecule has 0 aromatic rings. The van der Waals surface area contributed by atoms with Gasteiger partial charge in [0.05, 0.1) is 6.10 Å². The lowest BCUT2D eigenvalue weighted by Gasteiger charge is -2.48. The first-order valence-electron chi connectivity index (χ1n) is 5.91. The van der Waals surface area contributed by atoms with Crippen molar-refractivity contribution in [2.45, 2.75) is 19.1 Å². The van der Waals surface area contributed by atoms with Crippen LogP contribution in [0.25, 0.3) is 0 Å². The maximum Gasteiger partial charge on any atom is 0.0645 e. The lowest BCUT2D eigenvalue weighted by Crippen LogP contribution is -2.60. The van der Waals surface area contributed by atoms with Crippen molar-refractivity contribution in [2.24, 2.45) is 17.6 Å². The van der Waals surface area contributed by atoms with E-state index in [0.717, 1.165) is 32.7 Å². The molecule has 2 rings (SSSR count). The van der Waals surface area contributed by atoms with E-state index in [-0.39, 0.29) is 12.1 Å². The van der Waals surface area contributed by atoms with E-state index < -0.39 is 0 Å². The smallest absolute Gasteiger partial charge is 0.0645 e. The van der Waals surface area contributed by atoms with Crippen molar-refractivity contribution in [2.75, 3.05) is 39.8 Å². The van der Waals surface area contributed by atoms with Gasteiger partial charge in [-0.15, -0.1) is 0 Å². The Labute approximate surface area is 92.0 Å². The maximum atomic E-state index is 10.1. The van der Waals surface area contributed by atoms with Gasteiger partial charge in [-0.05, 0) is 14.0 Å². The summed E-state index contributed by atoms with van der Waals surface area (Å²) in [5.74, 6) is 0.836. The Bertz CT molecular complexity index is 206. The molecule has 2 aliphatic rings. The van der Waals surface area contributed by atoms with Crippen molar-refractivity contribution in [3.8, 4) is 0 Å². The Morgan fingerprint density at radius 2 is 1.80 bits per heavy atom. The second-order valence-corrected chi connectivity index (χ2v) is 5.43. The molecule has 0 radical (unpaired) electrons. The lowest BCUT2D eigenvalue weighted by molar-refractivity contribution is -0.0727. The number of fused-ring (bicyclic) bond motifs is 2. The van der Waals surface area contributed by atoms with Gasteiger partial charge in [-0.2, -0.15) is 0 Å². The number of rotatable bonds is 2. The first-order valence-corrected chi connectivity index (χ1v) is 5.91. The highest BCUT2D eigenvalue weighted by atomic mass is 16.3. The zero-order valence-corrected chi connectivity index (χ0v) is 9.76. The summed E-state index contributed by atoms with van der Waals surface area (Å²) >= 11 is 0. The minimum absolute atomic E-state index is 0.0921. The molecule has 2 aliphatic heterocycles. The van der Waals surface area contributed by atoms with E-state index in [4.69, 9.17) is 5.73 Å². The van der Waals surface area contributed by atoms with Crippen LogP contribution in [0.4, 0.5) is 0 Å². The SMILES string of the molecule is CC(N)CN1CC2CN(C)CC(C1)C2O. The normalized spacial score (nSPS) is 40.4. The van der Waals surface area contributed by atoms with Gasteiger partial charge in [-0.25, -0.2) is 0 Å². The van der Waals surface area contributed by atoms with Gasteiger partial charge in [0, 0.05) is 50.6 Å². The van der Waals surface area contributed by atoms with Gasteiger partial charge in [0.1, 0.15) is 0 Å². The molecule has 4 heteroatoms. The highest BCUT2D eigenvalue weighted by molar-refractivity contribution is 4.93. The topological polar surface area (TPSA) is 52.7 Å².